The van der Waals surface area contributed by atoms with Gasteiger partial charge in [-0.15, -0.1) is 0 Å². The van der Waals surface area contributed by atoms with Crippen molar-refractivity contribution in [3.63, 3.8) is 0 Å². The van der Waals surface area contributed by atoms with Crippen LogP contribution in [0.15, 0.2) is 18.3 Å². The quantitative estimate of drug-likeness (QED) is 0.816. The van der Waals surface area contributed by atoms with Crippen LogP contribution in [0.1, 0.15) is 31.5 Å². The van der Waals surface area contributed by atoms with Gasteiger partial charge < -0.3 is 14.8 Å². The number of nitrogens with one attached hydrogen (secondary N) is 1. The summed E-state index contributed by atoms with van der Waals surface area (Å²) in [6, 6.07) is 4.51. The van der Waals surface area contributed by atoms with Gasteiger partial charge in [0.2, 0.25) is 5.91 Å². The molecule has 1 heterocycles. The standard InChI is InChI=1S/C13H23N3O/c1-11(14-2)12-7-5-9-16(12)10-6-8-13(17)15(3)4/h5,7,9,11,14H,6,8,10H2,1-4H3. The average Bonchev–Trinajstić information content (AvgIpc) is 2.76. The molecule has 1 N–H and O–H groups in total. The van der Waals surface area contributed by atoms with Gasteiger partial charge in [-0.05, 0) is 32.5 Å². The van der Waals surface area contributed by atoms with Crippen molar-refractivity contribution in [3.8, 4) is 0 Å². The zero-order chi connectivity index (χ0) is 12.8. The van der Waals surface area contributed by atoms with Gasteiger partial charge >= 0.3 is 0 Å². The van der Waals surface area contributed by atoms with E-state index in [4.69, 9.17) is 0 Å². The van der Waals surface area contributed by atoms with Gasteiger partial charge in [0.05, 0.1) is 0 Å². The highest BCUT2D eigenvalue weighted by Gasteiger charge is 2.08. The molecule has 17 heavy (non-hydrogen) atoms. The second-order valence-electron chi connectivity index (χ2n) is 4.53. The molecule has 4 heteroatoms. The summed E-state index contributed by atoms with van der Waals surface area (Å²) < 4.78 is 2.21. The van der Waals surface area contributed by atoms with Crippen molar-refractivity contribution in [2.75, 3.05) is 21.1 Å². The second kappa shape index (κ2) is 6.45. The van der Waals surface area contributed by atoms with Gasteiger partial charge in [0.15, 0.2) is 0 Å². The van der Waals surface area contributed by atoms with Crippen LogP contribution in [0.5, 0.6) is 0 Å². The Morgan fingerprint density at radius 2 is 2.24 bits per heavy atom. The Hall–Kier alpha value is -1.29. The van der Waals surface area contributed by atoms with E-state index in [2.05, 4.69) is 35.1 Å². The van der Waals surface area contributed by atoms with Crippen molar-refractivity contribution in [2.45, 2.75) is 32.4 Å². The average molecular weight is 237 g/mol. The summed E-state index contributed by atoms with van der Waals surface area (Å²) in [5.74, 6) is 0.195. The molecule has 0 saturated carbocycles. The van der Waals surface area contributed by atoms with E-state index in [0.717, 1.165) is 13.0 Å². The summed E-state index contributed by atoms with van der Waals surface area (Å²) in [5.41, 5.74) is 1.27. The summed E-state index contributed by atoms with van der Waals surface area (Å²) in [4.78, 5) is 13.1. The first kappa shape index (κ1) is 13.8. The SMILES string of the molecule is CNC(C)c1cccn1CCCC(=O)N(C)C. The van der Waals surface area contributed by atoms with Crippen LogP contribution in [0.25, 0.3) is 0 Å². The topological polar surface area (TPSA) is 37.3 Å². The highest BCUT2D eigenvalue weighted by atomic mass is 16.2. The van der Waals surface area contributed by atoms with Gasteiger partial charge in [0, 0.05) is 45.0 Å². The number of aryl methyl sites for hydroxylation is 1. The fourth-order valence-corrected chi connectivity index (χ4v) is 1.80. The highest BCUT2D eigenvalue weighted by molar-refractivity contribution is 5.75. The molecule has 0 aliphatic heterocycles. The second-order valence-corrected chi connectivity index (χ2v) is 4.53. The Morgan fingerprint density at radius 3 is 2.82 bits per heavy atom. The van der Waals surface area contributed by atoms with E-state index in [0.29, 0.717) is 12.5 Å². The van der Waals surface area contributed by atoms with Gasteiger partial charge in [-0.1, -0.05) is 0 Å². The van der Waals surface area contributed by atoms with Crippen molar-refractivity contribution in [3.05, 3.63) is 24.0 Å². The summed E-state index contributed by atoms with van der Waals surface area (Å²) in [7, 11) is 5.55. The van der Waals surface area contributed by atoms with Gasteiger partial charge in [-0.25, -0.2) is 0 Å². The molecule has 0 aromatic carbocycles. The molecule has 1 amide bonds. The lowest BCUT2D eigenvalue weighted by atomic mass is 10.2. The number of rotatable bonds is 6. The van der Waals surface area contributed by atoms with Crippen LogP contribution >= 0.6 is 0 Å². The minimum Gasteiger partial charge on any atom is -0.350 e. The molecule has 1 aromatic rings. The smallest absolute Gasteiger partial charge is 0.222 e. The van der Waals surface area contributed by atoms with Crippen LogP contribution in [0.4, 0.5) is 0 Å². The molecule has 1 atom stereocenters. The zero-order valence-corrected chi connectivity index (χ0v) is 11.2. The Kier molecular flexibility index (Phi) is 5.22. The molecule has 0 fully saturated rings. The third-order valence-corrected chi connectivity index (χ3v) is 3.03. The predicted molar refractivity (Wildman–Crippen MR) is 69.8 cm³/mol. The Labute approximate surface area is 104 Å². The highest BCUT2D eigenvalue weighted by Crippen LogP contribution is 2.13. The van der Waals surface area contributed by atoms with Crippen LogP contribution in [0, 0.1) is 0 Å². The molecule has 4 nitrogen and oxygen atoms in total. The summed E-state index contributed by atoms with van der Waals surface area (Å²) in [5, 5.41) is 3.23. The number of hydrogen-bond acceptors (Lipinski definition) is 2. The van der Waals surface area contributed by atoms with Crippen LogP contribution in [0.3, 0.4) is 0 Å². The first-order valence-electron chi connectivity index (χ1n) is 6.08. The molecule has 0 bridgehead atoms. The Morgan fingerprint density at radius 1 is 1.53 bits per heavy atom. The van der Waals surface area contributed by atoms with Crippen molar-refractivity contribution in [1.29, 1.82) is 0 Å². The predicted octanol–water partition coefficient (Wildman–Crippen LogP) is 1.64. The maximum Gasteiger partial charge on any atom is 0.222 e. The Bertz CT molecular complexity index is 357. The number of amides is 1. The van der Waals surface area contributed by atoms with Crippen molar-refractivity contribution in [1.82, 2.24) is 14.8 Å². The van der Waals surface area contributed by atoms with Crippen molar-refractivity contribution < 1.29 is 4.79 Å². The first-order valence-corrected chi connectivity index (χ1v) is 6.08. The minimum absolute atomic E-state index is 0.195. The molecule has 0 aliphatic carbocycles. The summed E-state index contributed by atoms with van der Waals surface area (Å²) in [6.07, 6.45) is 3.57. The fourth-order valence-electron chi connectivity index (χ4n) is 1.80. The monoisotopic (exact) mass is 237 g/mol. The van der Waals surface area contributed by atoms with Crippen LogP contribution in [-0.4, -0.2) is 36.5 Å². The lowest BCUT2D eigenvalue weighted by molar-refractivity contribution is -0.128. The molecule has 0 aliphatic rings. The molecule has 1 aromatic heterocycles. The fraction of sp³-hybridized carbons (Fsp3) is 0.615. The largest absolute Gasteiger partial charge is 0.350 e. The van der Waals surface area contributed by atoms with Crippen LogP contribution in [0.2, 0.25) is 0 Å². The Balaban J connectivity index is 2.47. The third kappa shape index (κ3) is 3.89. The first-order chi connectivity index (χ1) is 8.06. The number of nitrogens with zero attached hydrogens (tertiary/aromatic N) is 2. The summed E-state index contributed by atoms with van der Waals surface area (Å²) >= 11 is 0. The van der Waals surface area contributed by atoms with E-state index in [9.17, 15) is 4.79 Å². The zero-order valence-electron chi connectivity index (χ0n) is 11.2. The molecule has 96 valence electrons. The van der Waals surface area contributed by atoms with Gasteiger partial charge in [0.25, 0.3) is 0 Å². The molecular weight excluding hydrogens is 214 g/mol. The van der Waals surface area contributed by atoms with E-state index >= 15 is 0 Å². The maximum absolute atomic E-state index is 11.5. The molecular formula is C13H23N3O. The number of hydrogen-bond donors (Lipinski definition) is 1. The van der Waals surface area contributed by atoms with Gasteiger partial charge in [-0.2, -0.15) is 0 Å². The van der Waals surface area contributed by atoms with E-state index in [1.807, 2.05) is 7.05 Å². The molecule has 0 spiro atoms. The molecule has 1 rings (SSSR count). The van der Waals surface area contributed by atoms with E-state index in [1.165, 1.54) is 5.69 Å². The maximum atomic E-state index is 11.5. The van der Waals surface area contributed by atoms with E-state index in [1.54, 1.807) is 19.0 Å². The number of carbonyl (C=O) groups excluding carboxylic acids is 1. The molecule has 1 unspecified atom stereocenters. The van der Waals surface area contributed by atoms with Crippen LogP contribution in [-0.2, 0) is 11.3 Å². The van der Waals surface area contributed by atoms with Crippen molar-refractivity contribution in [2.24, 2.45) is 0 Å². The lowest BCUT2D eigenvalue weighted by Gasteiger charge is -2.15. The lowest BCUT2D eigenvalue weighted by Crippen LogP contribution is -2.22. The third-order valence-electron chi connectivity index (χ3n) is 3.03. The van der Waals surface area contributed by atoms with Gasteiger partial charge in [-0.3, -0.25) is 4.79 Å². The van der Waals surface area contributed by atoms with Crippen molar-refractivity contribution >= 4 is 5.91 Å². The van der Waals surface area contributed by atoms with Gasteiger partial charge in [0.1, 0.15) is 0 Å². The number of carbonyl (C=O) groups is 1. The minimum atomic E-state index is 0.195. The van der Waals surface area contributed by atoms with E-state index in [-0.39, 0.29) is 5.91 Å². The summed E-state index contributed by atoms with van der Waals surface area (Å²) in [6.45, 7) is 3.03. The van der Waals surface area contributed by atoms with Crippen LogP contribution < -0.4 is 5.32 Å². The van der Waals surface area contributed by atoms with E-state index < -0.39 is 0 Å². The normalized spacial score (nSPS) is 12.5. The molecule has 0 saturated heterocycles. The number of aromatic nitrogens is 1. The molecule has 0 radical (unpaired) electrons.